The third kappa shape index (κ3) is 2.39. The smallest absolute Gasteiger partial charge is 0.311 e. The highest BCUT2D eigenvalue weighted by atomic mass is 16.6. The van der Waals surface area contributed by atoms with Gasteiger partial charge in [-0.25, -0.2) is 0 Å². The van der Waals surface area contributed by atoms with Crippen molar-refractivity contribution in [2.24, 2.45) is 0 Å². The zero-order valence-electron chi connectivity index (χ0n) is 10.0. The molecule has 0 heterocycles. The van der Waals surface area contributed by atoms with Gasteiger partial charge in [0.05, 0.1) is 12.0 Å². The Hall–Kier alpha value is -1.62. The number of hydrogen-bond acceptors (Lipinski definition) is 4. The molecule has 1 aromatic carbocycles. The normalized spacial score (nSPS) is 16.6. The van der Waals surface area contributed by atoms with Gasteiger partial charge in [0.15, 0.2) is 5.75 Å². The lowest BCUT2D eigenvalue weighted by Gasteiger charge is -2.14. The van der Waals surface area contributed by atoms with Crippen LogP contribution in [0.25, 0.3) is 0 Å². The van der Waals surface area contributed by atoms with Crippen molar-refractivity contribution < 1.29 is 9.66 Å². The number of nitro benzene ring substituents is 1. The van der Waals surface area contributed by atoms with E-state index in [1.54, 1.807) is 12.1 Å². The molecule has 0 atom stereocenters. The molecule has 0 amide bonds. The highest BCUT2D eigenvalue weighted by Crippen LogP contribution is 2.39. The van der Waals surface area contributed by atoms with Crippen LogP contribution in [0.3, 0.4) is 0 Å². The second-order valence-electron chi connectivity index (χ2n) is 4.47. The Balaban J connectivity index is 2.24. The largest absolute Gasteiger partial charge is 0.490 e. The molecule has 1 aliphatic rings. The minimum Gasteiger partial charge on any atom is -0.490 e. The van der Waals surface area contributed by atoms with Crippen LogP contribution in [-0.2, 0) is 6.42 Å². The average Bonchev–Trinajstić information content (AvgIpc) is 3.09. The fourth-order valence-corrected chi connectivity index (χ4v) is 2.04. The Kier molecular flexibility index (Phi) is 3.02. The Morgan fingerprint density at radius 3 is 2.71 bits per heavy atom. The molecule has 5 heteroatoms. The average molecular weight is 236 g/mol. The highest BCUT2D eigenvalue weighted by Gasteiger charge is 2.41. The maximum Gasteiger partial charge on any atom is 0.311 e. The van der Waals surface area contributed by atoms with Crippen LogP contribution in [0.5, 0.6) is 5.75 Å². The molecule has 1 N–H and O–H groups in total. The number of ether oxygens (including phenoxy) is 1. The van der Waals surface area contributed by atoms with E-state index in [1.165, 1.54) is 7.11 Å². The summed E-state index contributed by atoms with van der Waals surface area (Å²) in [5.41, 5.74) is 1.17. The van der Waals surface area contributed by atoms with E-state index in [1.807, 2.05) is 13.1 Å². The van der Waals surface area contributed by atoms with Crippen molar-refractivity contribution in [2.75, 3.05) is 14.2 Å². The van der Waals surface area contributed by atoms with E-state index in [-0.39, 0.29) is 11.2 Å². The lowest BCUT2D eigenvalue weighted by molar-refractivity contribution is -0.385. The minimum atomic E-state index is -0.402. The summed E-state index contributed by atoms with van der Waals surface area (Å²) in [4.78, 5) is 10.5. The molecule has 0 radical (unpaired) electrons. The van der Waals surface area contributed by atoms with Crippen LogP contribution >= 0.6 is 0 Å². The van der Waals surface area contributed by atoms with Crippen LogP contribution in [0.15, 0.2) is 18.2 Å². The number of nitro groups is 1. The fraction of sp³-hybridized carbons (Fsp3) is 0.500. The van der Waals surface area contributed by atoms with Crippen molar-refractivity contribution in [1.29, 1.82) is 0 Å². The maximum atomic E-state index is 10.9. The molecular formula is C12H16N2O3. The van der Waals surface area contributed by atoms with Gasteiger partial charge < -0.3 is 10.1 Å². The van der Waals surface area contributed by atoms with Crippen molar-refractivity contribution in [3.63, 3.8) is 0 Å². The standard InChI is InChI=1S/C12H16N2O3/c1-13-12(5-6-12)8-9-3-4-11(17-2)10(7-9)14(15)16/h3-4,7,13H,5-6,8H2,1-2H3. The number of likely N-dealkylation sites (N-methyl/N-ethyl adjacent to an activating group) is 1. The summed E-state index contributed by atoms with van der Waals surface area (Å²) < 4.78 is 4.98. The molecular weight excluding hydrogens is 220 g/mol. The van der Waals surface area contributed by atoms with Crippen molar-refractivity contribution >= 4 is 5.69 Å². The van der Waals surface area contributed by atoms with Crippen molar-refractivity contribution in [3.05, 3.63) is 33.9 Å². The fourth-order valence-electron chi connectivity index (χ4n) is 2.04. The summed E-state index contributed by atoms with van der Waals surface area (Å²) in [7, 11) is 3.38. The van der Waals surface area contributed by atoms with Crippen LogP contribution in [0, 0.1) is 10.1 Å². The molecule has 92 valence electrons. The van der Waals surface area contributed by atoms with Gasteiger partial charge in [-0.2, -0.15) is 0 Å². The number of hydrogen-bond donors (Lipinski definition) is 1. The first kappa shape index (κ1) is 11.9. The monoisotopic (exact) mass is 236 g/mol. The molecule has 0 aromatic heterocycles. The molecule has 0 aliphatic heterocycles. The second-order valence-corrected chi connectivity index (χ2v) is 4.47. The van der Waals surface area contributed by atoms with Crippen LogP contribution in [-0.4, -0.2) is 24.6 Å². The maximum absolute atomic E-state index is 10.9. The Labute approximate surface area is 99.9 Å². The number of nitrogens with zero attached hydrogens (tertiary/aromatic N) is 1. The lowest BCUT2D eigenvalue weighted by atomic mass is 10.0. The Bertz CT molecular complexity index is 441. The van der Waals surface area contributed by atoms with Gasteiger partial charge in [-0.05, 0) is 37.9 Å². The molecule has 1 aromatic rings. The van der Waals surface area contributed by atoms with E-state index in [4.69, 9.17) is 4.74 Å². The zero-order valence-corrected chi connectivity index (χ0v) is 10.0. The summed E-state index contributed by atoms with van der Waals surface area (Å²) in [6, 6.07) is 5.17. The van der Waals surface area contributed by atoms with E-state index >= 15 is 0 Å². The summed E-state index contributed by atoms with van der Waals surface area (Å²) in [6.07, 6.45) is 3.08. The molecule has 17 heavy (non-hydrogen) atoms. The topological polar surface area (TPSA) is 64.4 Å². The summed E-state index contributed by atoms with van der Waals surface area (Å²) >= 11 is 0. The van der Waals surface area contributed by atoms with E-state index < -0.39 is 4.92 Å². The highest BCUT2D eigenvalue weighted by molar-refractivity contribution is 5.49. The number of methoxy groups -OCH3 is 1. The van der Waals surface area contributed by atoms with Gasteiger partial charge in [0.2, 0.25) is 0 Å². The third-order valence-corrected chi connectivity index (χ3v) is 3.37. The van der Waals surface area contributed by atoms with Crippen LogP contribution < -0.4 is 10.1 Å². The Morgan fingerprint density at radius 1 is 1.53 bits per heavy atom. The van der Waals surface area contributed by atoms with Crippen LogP contribution in [0.4, 0.5) is 5.69 Å². The van der Waals surface area contributed by atoms with E-state index in [0.717, 1.165) is 24.8 Å². The molecule has 2 rings (SSSR count). The van der Waals surface area contributed by atoms with Crippen molar-refractivity contribution in [3.8, 4) is 5.75 Å². The zero-order chi connectivity index (χ0) is 12.5. The van der Waals surface area contributed by atoms with Gasteiger partial charge in [0.25, 0.3) is 0 Å². The predicted octanol–water partition coefficient (Wildman–Crippen LogP) is 1.90. The molecule has 1 aliphatic carbocycles. The summed E-state index contributed by atoms with van der Waals surface area (Å²) in [5.74, 6) is 0.313. The SMILES string of the molecule is CNC1(Cc2ccc(OC)c([N+](=O)[O-])c2)CC1. The molecule has 0 spiro atoms. The van der Waals surface area contributed by atoms with Crippen molar-refractivity contribution in [2.45, 2.75) is 24.8 Å². The molecule has 1 fully saturated rings. The summed E-state index contributed by atoms with van der Waals surface area (Å²) in [5, 5.41) is 14.2. The predicted molar refractivity (Wildman–Crippen MR) is 64.4 cm³/mol. The lowest BCUT2D eigenvalue weighted by Crippen LogP contribution is -2.29. The van der Waals surface area contributed by atoms with Crippen LogP contribution in [0.1, 0.15) is 18.4 Å². The first-order valence-electron chi connectivity index (χ1n) is 5.60. The van der Waals surface area contributed by atoms with Gasteiger partial charge >= 0.3 is 5.69 Å². The Morgan fingerprint density at radius 2 is 2.24 bits per heavy atom. The summed E-state index contributed by atoms with van der Waals surface area (Å²) in [6.45, 7) is 0. The van der Waals surface area contributed by atoms with E-state index in [9.17, 15) is 10.1 Å². The van der Waals surface area contributed by atoms with Gasteiger partial charge in [-0.1, -0.05) is 6.07 Å². The van der Waals surface area contributed by atoms with Gasteiger partial charge in [-0.15, -0.1) is 0 Å². The van der Waals surface area contributed by atoms with Crippen molar-refractivity contribution in [1.82, 2.24) is 5.32 Å². The van der Waals surface area contributed by atoms with Gasteiger partial charge in [0, 0.05) is 11.6 Å². The first-order valence-corrected chi connectivity index (χ1v) is 5.60. The number of benzene rings is 1. The van der Waals surface area contributed by atoms with E-state index in [2.05, 4.69) is 5.32 Å². The molecule has 5 nitrogen and oxygen atoms in total. The van der Waals surface area contributed by atoms with Crippen LogP contribution in [0.2, 0.25) is 0 Å². The molecule has 0 saturated heterocycles. The number of rotatable bonds is 5. The molecule has 0 unspecified atom stereocenters. The second kappa shape index (κ2) is 4.33. The van der Waals surface area contributed by atoms with Gasteiger partial charge in [0.1, 0.15) is 0 Å². The van der Waals surface area contributed by atoms with Gasteiger partial charge in [-0.3, -0.25) is 10.1 Å². The third-order valence-electron chi connectivity index (χ3n) is 3.37. The van der Waals surface area contributed by atoms with E-state index in [0.29, 0.717) is 5.75 Å². The number of nitrogens with one attached hydrogen (secondary N) is 1. The molecule has 1 saturated carbocycles. The quantitative estimate of drug-likeness (QED) is 0.626. The minimum absolute atomic E-state index is 0.0388. The molecule has 0 bridgehead atoms. The first-order chi connectivity index (χ1) is 8.10.